The Hall–Kier alpha value is -4.03. The van der Waals surface area contributed by atoms with Crippen LogP contribution in [0, 0.1) is 22.5 Å². The number of ether oxygens (including phenoxy) is 2. The van der Waals surface area contributed by atoms with E-state index in [0.29, 0.717) is 35.7 Å². The zero-order valence-electron chi connectivity index (χ0n) is 18.5. The minimum Gasteiger partial charge on any atom is -0.490 e. The summed E-state index contributed by atoms with van der Waals surface area (Å²) >= 11 is 0.826. The number of carbonyl (C=O) groups excluding carboxylic acids is 2. The first-order valence-electron chi connectivity index (χ1n) is 10.3. The number of hydrogen-bond donors (Lipinski definition) is 0. The summed E-state index contributed by atoms with van der Waals surface area (Å²) < 4.78 is 11.8. The predicted octanol–water partition coefficient (Wildman–Crippen LogP) is 4.97. The summed E-state index contributed by atoms with van der Waals surface area (Å²) in [4.78, 5) is 36.5. The van der Waals surface area contributed by atoms with Crippen LogP contribution in [0.25, 0.3) is 6.08 Å². The van der Waals surface area contributed by atoms with E-state index in [1.165, 1.54) is 12.1 Å². The Morgan fingerprint density at radius 1 is 1.26 bits per heavy atom. The van der Waals surface area contributed by atoms with Crippen molar-refractivity contribution in [3.63, 3.8) is 0 Å². The number of allylic oxidation sites excluding steroid dienone is 1. The van der Waals surface area contributed by atoms with E-state index >= 15 is 0 Å². The highest BCUT2D eigenvalue weighted by Gasteiger charge is 2.34. The van der Waals surface area contributed by atoms with Crippen molar-refractivity contribution in [3.05, 3.63) is 80.8 Å². The third kappa shape index (κ3) is 5.66. The molecule has 0 N–H and O–H groups in total. The molecular weight excluding hydrogens is 456 g/mol. The minimum atomic E-state index is -0.460. The Labute approximate surface area is 201 Å². The molecule has 2 aromatic rings. The van der Waals surface area contributed by atoms with E-state index in [4.69, 9.17) is 15.9 Å². The molecule has 1 fully saturated rings. The summed E-state index contributed by atoms with van der Waals surface area (Å²) in [6.07, 6.45) is 9.01. The second-order valence-electron chi connectivity index (χ2n) is 7.12. The Balaban J connectivity index is 1.95. The summed E-state index contributed by atoms with van der Waals surface area (Å²) in [5.74, 6) is 2.79. The van der Waals surface area contributed by atoms with Gasteiger partial charge in [0.1, 0.15) is 6.61 Å². The molecule has 34 heavy (non-hydrogen) atoms. The van der Waals surface area contributed by atoms with Gasteiger partial charge in [0, 0.05) is 17.7 Å². The van der Waals surface area contributed by atoms with Crippen LogP contribution in [-0.4, -0.2) is 34.1 Å². The minimum absolute atomic E-state index is 0.0217. The van der Waals surface area contributed by atoms with Gasteiger partial charge in [-0.1, -0.05) is 24.1 Å². The van der Waals surface area contributed by atoms with Crippen LogP contribution in [0.2, 0.25) is 0 Å². The predicted molar refractivity (Wildman–Crippen MR) is 130 cm³/mol. The molecule has 0 aliphatic carbocycles. The van der Waals surface area contributed by atoms with Crippen molar-refractivity contribution in [3.8, 4) is 23.8 Å². The highest BCUT2D eigenvalue weighted by molar-refractivity contribution is 8.18. The molecule has 0 atom stereocenters. The number of hydrogen-bond acceptors (Lipinski definition) is 7. The first-order chi connectivity index (χ1) is 16.4. The summed E-state index contributed by atoms with van der Waals surface area (Å²) in [7, 11) is 0. The number of terminal acetylenes is 1. The lowest BCUT2D eigenvalue weighted by Gasteiger charge is -2.17. The van der Waals surface area contributed by atoms with Crippen molar-refractivity contribution in [1.82, 2.24) is 4.90 Å². The average molecular weight is 479 g/mol. The topological polar surface area (TPSA) is 99.0 Å². The van der Waals surface area contributed by atoms with Crippen LogP contribution in [0.4, 0.5) is 10.5 Å². The molecule has 0 unspecified atom stereocenters. The first-order valence-corrected chi connectivity index (χ1v) is 11.1. The third-order valence-electron chi connectivity index (χ3n) is 4.74. The molecule has 0 radical (unpaired) electrons. The fraction of sp³-hybridized carbons (Fsp3) is 0.200. The maximum Gasteiger partial charge on any atom is 0.294 e. The lowest BCUT2D eigenvalue weighted by molar-refractivity contribution is -0.384. The van der Waals surface area contributed by atoms with Crippen LogP contribution in [0.1, 0.15) is 23.6 Å². The molecule has 174 valence electrons. The molecule has 9 heteroatoms. The van der Waals surface area contributed by atoms with Crippen LogP contribution < -0.4 is 9.47 Å². The van der Waals surface area contributed by atoms with Gasteiger partial charge in [0.25, 0.3) is 16.8 Å². The van der Waals surface area contributed by atoms with Crippen molar-refractivity contribution >= 4 is 34.7 Å². The Bertz CT molecular complexity index is 1210. The Morgan fingerprint density at radius 3 is 2.74 bits per heavy atom. The molecule has 3 rings (SSSR count). The molecule has 1 heterocycles. The van der Waals surface area contributed by atoms with Gasteiger partial charge in [0.2, 0.25) is 0 Å². The standard InChI is InChI=1S/C25H22N2O6S/c1-4-8-19-12-18(15-22-24(28)26(11-5-2)25(29)34-22)14-21(32-6-3)23(19)33-16-17-9-7-10-20(13-17)27(30)31/h2,4,7,9-10,12-15H,1,6,8,11,16H2,3H3/b22-15+. The second-order valence-corrected chi connectivity index (χ2v) is 8.11. The van der Waals surface area contributed by atoms with Gasteiger partial charge in [0.15, 0.2) is 11.5 Å². The number of benzene rings is 2. The van der Waals surface area contributed by atoms with E-state index in [9.17, 15) is 19.7 Å². The average Bonchev–Trinajstić information content (AvgIpc) is 3.07. The van der Waals surface area contributed by atoms with E-state index in [1.807, 2.05) is 13.0 Å². The maximum absolute atomic E-state index is 12.5. The van der Waals surface area contributed by atoms with Gasteiger partial charge in [0.05, 0.1) is 23.0 Å². The van der Waals surface area contributed by atoms with E-state index in [-0.39, 0.29) is 23.7 Å². The highest BCUT2D eigenvalue weighted by atomic mass is 32.2. The van der Waals surface area contributed by atoms with E-state index in [2.05, 4.69) is 12.5 Å². The highest BCUT2D eigenvalue weighted by Crippen LogP contribution is 2.37. The number of imide groups is 1. The van der Waals surface area contributed by atoms with Crippen molar-refractivity contribution in [2.24, 2.45) is 0 Å². The normalized spacial score (nSPS) is 14.2. The molecule has 0 spiro atoms. The quantitative estimate of drug-likeness (QED) is 0.156. The van der Waals surface area contributed by atoms with Crippen molar-refractivity contribution in [2.75, 3.05) is 13.2 Å². The van der Waals surface area contributed by atoms with Crippen molar-refractivity contribution in [1.29, 1.82) is 0 Å². The molecule has 1 saturated heterocycles. The molecule has 1 aliphatic heterocycles. The second kappa shape index (κ2) is 11.2. The lowest BCUT2D eigenvalue weighted by atomic mass is 10.0. The molecular formula is C25H22N2O6S. The van der Waals surface area contributed by atoms with Crippen LogP contribution in [0.3, 0.4) is 0 Å². The number of nitrogens with zero attached hydrogens (tertiary/aromatic N) is 2. The van der Waals surface area contributed by atoms with Crippen LogP contribution >= 0.6 is 11.8 Å². The number of nitro groups is 1. The number of carbonyl (C=O) groups is 2. The van der Waals surface area contributed by atoms with E-state index in [0.717, 1.165) is 22.2 Å². The zero-order chi connectivity index (χ0) is 24.7. The molecule has 8 nitrogen and oxygen atoms in total. The summed E-state index contributed by atoms with van der Waals surface area (Å²) in [6.45, 7) is 5.99. The van der Waals surface area contributed by atoms with E-state index in [1.54, 1.807) is 30.4 Å². The number of non-ortho nitro benzene ring substituents is 1. The van der Waals surface area contributed by atoms with Crippen molar-refractivity contribution < 1.29 is 24.0 Å². The SMILES string of the molecule is C#CCN1C(=O)S/C(=C/c2cc(CC=C)c(OCc3cccc([N+](=O)[O-])c3)c(OCC)c2)C1=O. The number of nitro benzene ring substituents is 1. The van der Waals surface area contributed by atoms with Gasteiger partial charge in [-0.25, -0.2) is 0 Å². The van der Waals surface area contributed by atoms with Gasteiger partial charge in [-0.3, -0.25) is 24.6 Å². The number of thioether (sulfide) groups is 1. The van der Waals surface area contributed by atoms with Gasteiger partial charge in [-0.15, -0.1) is 13.0 Å². The monoisotopic (exact) mass is 478 g/mol. The zero-order valence-corrected chi connectivity index (χ0v) is 19.3. The van der Waals surface area contributed by atoms with Gasteiger partial charge >= 0.3 is 0 Å². The first kappa shape index (κ1) is 24.6. The summed E-state index contributed by atoms with van der Waals surface area (Å²) in [6, 6.07) is 9.74. The number of rotatable bonds is 10. The maximum atomic E-state index is 12.5. The molecule has 0 bridgehead atoms. The fourth-order valence-electron chi connectivity index (χ4n) is 3.29. The van der Waals surface area contributed by atoms with Crippen LogP contribution in [0.15, 0.2) is 54.0 Å². The largest absolute Gasteiger partial charge is 0.490 e. The molecule has 0 aromatic heterocycles. The Morgan fingerprint density at radius 2 is 2.06 bits per heavy atom. The molecule has 1 aliphatic rings. The van der Waals surface area contributed by atoms with Crippen molar-refractivity contribution in [2.45, 2.75) is 20.0 Å². The number of amides is 2. The van der Waals surface area contributed by atoms with Gasteiger partial charge in [-0.2, -0.15) is 0 Å². The Kier molecular flexibility index (Phi) is 8.11. The third-order valence-corrected chi connectivity index (χ3v) is 5.65. The van der Waals surface area contributed by atoms with E-state index < -0.39 is 16.1 Å². The lowest BCUT2D eigenvalue weighted by Crippen LogP contribution is -2.28. The van der Waals surface area contributed by atoms with Gasteiger partial charge in [-0.05, 0) is 54.4 Å². The molecule has 2 amide bonds. The van der Waals surface area contributed by atoms with Gasteiger partial charge < -0.3 is 9.47 Å². The fourth-order valence-corrected chi connectivity index (χ4v) is 4.13. The molecule has 0 saturated carbocycles. The van der Waals surface area contributed by atoms with Crippen LogP contribution in [0.5, 0.6) is 11.5 Å². The molecule has 2 aromatic carbocycles. The summed E-state index contributed by atoms with van der Waals surface area (Å²) in [5, 5.41) is 10.6. The summed E-state index contributed by atoms with van der Waals surface area (Å²) in [5.41, 5.74) is 2.01. The van der Waals surface area contributed by atoms with Crippen LogP contribution in [-0.2, 0) is 17.8 Å². The smallest absolute Gasteiger partial charge is 0.294 e.